The molecule has 1 heterocycles. The summed E-state index contributed by atoms with van der Waals surface area (Å²) in [5.41, 5.74) is 8.59. The predicted octanol–water partition coefficient (Wildman–Crippen LogP) is 1.94. The zero-order valence-corrected chi connectivity index (χ0v) is 50.7. The first-order valence-corrected chi connectivity index (χ1v) is 29.8. The summed E-state index contributed by atoms with van der Waals surface area (Å²) in [6.07, 6.45) is 4.11. The van der Waals surface area contributed by atoms with Crippen LogP contribution in [0.4, 0.5) is 0 Å². The van der Waals surface area contributed by atoms with Crippen LogP contribution in [0.5, 0.6) is 11.5 Å². The van der Waals surface area contributed by atoms with E-state index in [1.807, 2.05) is 39.0 Å². The topological polar surface area (TPSA) is 381 Å². The second kappa shape index (κ2) is 33.3. The van der Waals surface area contributed by atoms with Crippen molar-refractivity contribution in [3.63, 3.8) is 0 Å². The number of H-pyrrole nitrogens is 1. The molecule has 0 spiro atoms. The third-order valence-corrected chi connectivity index (χ3v) is 15.0. The molecule has 0 saturated heterocycles. The fourth-order valence-electron chi connectivity index (χ4n) is 9.02. The number of rotatable bonds is 33. The number of thioether (sulfide) groups is 1. The number of aromatic amines is 1. The maximum absolute atomic E-state index is 14.4. The molecule has 11 atom stereocenters. The Balaban J connectivity index is 1.50. The Morgan fingerprint density at radius 2 is 0.953 bits per heavy atom. The molecule has 4 aromatic rings. The molecule has 0 bridgehead atoms. The fraction of sp³-hybridized carbons (Fsp3) is 0.500. The number of aliphatic carboxylic acids is 1. The van der Waals surface area contributed by atoms with Crippen LogP contribution >= 0.6 is 11.8 Å². The van der Waals surface area contributed by atoms with Gasteiger partial charge in [-0.25, -0.2) is 4.79 Å². The number of carbonyl (C=O) groups excluding carboxylic acids is 9. The summed E-state index contributed by atoms with van der Waals surface area (Å²) < 4.78 is 0. The third kappa shape index (κ3) is 21.7. The lowest BCUT2D eigenvalue weighted by Crippen LogP contribution is -2.61. The highest BCUT2D eigenvalue weighted by Gasteiger charge is 2.36. The Labute approximate surface area is 499 Å². The first-order chi connectivity index (χ1) is 40.1. The molecule has 9 amide bonds. The number of aromatic hydroxyl groups is 2. The number of para-hydroxylation sites is 1. The molecule has 0 radical (unpaired) electrons. The maximum atomic E-state index is 14.4. The van der Waals surface area contributed by atoms with Crippen LogP contribution < -0.4 is 53.6 Å². The number of benzene rings is 3. The van der Waals surface area contributed by atoms with Crippen molar-refractivity contribution >= 4 is 81.8 Å². The second-order valence-corrected chi connectivity index (χ2v) is 23.2. The fourth-order valence-corrected chi connectivity index (χ4v) is 9.50. The second-order valence-electron chi connectivity index (χ2n) is 22.2. The quantitative estimate of drug-likeness (QED) is 0.0324. The number of phenolic OH excluding ortho intramolecular Hbond substituents is 2. The van der Waals surface area contributed by atoms with E-state index in [9.17, 15) is 63.3 Å². The lowest BCUT2D eigenvalue weighted by molar-refractivity contribution is -0.142. The van der Waals surface area contributed by atoms with Gasteiger partial charge in [-0.2, -0.15) is 11.8 Å². The average molecular weight is 1200 g/mol. The van der Waals surface area contributed by atoms with Crippen LogP contribution in [0.15, 0.2) is 79.0 Å². The molecule has 0 saturated carbocycles. The number of carboxylic acid groups (broad SMARTS) is 1. The predicted molar refractivity (Wildman–Crippen MR) is 322 cm³/mol. The van der Waals surface area contributed by atoms with Gasteiger partial charge in [0.05, 0.1) is 6.04 Å². The zero-order valence-electron chi connectivity index (χ0n) is 49.9. The third-order valence-electron chi connectivity index (χ3n) is 14.3. The van der Waals surface area contributed by atoms with Gasteiger partial charge in [0, 0.05) is 36.4 Å². The highest BCUT2D eigenvalue weighted by Crippen LogP contribution is 2.21. The number of nitrogens with two attached hydrogens (primary N) is 1. The van der Waals surface area contributed by atoms with Gasteiger partial charge in [0.1, 0.15) is 65.9 Å². The Kier molecular flexibility index (Phi) is 27.2. The summed E-state index contributed by atoms with van der Waals surface area (Å²) in [4.78, 5) is 140. The molecular formula is C60H85N11O13S. The number of carbonyl (C=O) groups is 10. The van der Waals surface area contributed by atoms with E-state index in [-0.39, 0.29) is 49.0 Å². The molecule has 0 aliphatic carbocycles. The highest BCUT2D eigenvalue weighted by atomic mass is 32.2. The molecule has 0 unspecified atom stereocenters. The molecule has 464 valence electrons. The van der Waals surface area contributed by atoms with Crippen LogP contribution in [-0.4, -0.2) is 152 Å². The molecule has 25 heteroatoms. The number of aromatic nitrogens is 1. The van der Waals surface area contributed by atoms with E-state index in [0.29, 0.717) is 35.3 Å². The number of amides is 9. The molecule has 15 N–H and O–H groups in total. The maximum Gasteiger partial charge on any atom is 0.326 e. The Morgan fingerprint density at radius 1 is 0.518 bits per heavy atom. The molecule has 0 fully saturated rings. The molecule has 4 rings (SSSR count). The lowest BCUT2D eigenvalue weighted by atomic mass is 9.96. The van der Waals surface area contributed by atoms with Crippen LogP contribution in [-0.2, 0) is 67.2 Å². The Bertz CT molecular complexity index is 2940. The van der Waals surface area contributed by atoms with E-state index in [0.717, 1.165) is 10.9 Å². The largest absolute Gasteiger partial charge is 0.508 e. The van der Waals surface area contributed by atoms with Gasteiger partial charge in [0.25, 0.3) is 0 Å². The number of nitrogens with one attached hydrogen (secondary N) is 10. The van der Waals surface area contributed by atoms with Gasteiger partial charge in [-0.1, -0.05) is 90.4 Å². The number of hydrogen-bond donors (Lipinski definition) is 14. The van der Waals surface area contributed by atoms with Crippen molar-refractivity contribution in [3.8, 4) is 11.5 Å². The summed E-state index contributed by atoms with van der Waals surface area (Å²) in [5.74, 6) is -8.60. The molecule has 24 nitrogen and oxygen atoms in total. The summed E-state index contributed by atoms with van der Waals surface area (Å²) in [6, 6.07) is 6.61. The van der Waals surface area contributed by atoms with Gasteiger partial charge in [-0.05, 0) is 110 Å². The van der Waals surface area contributed by atoms with Gasteiger partial charge in [0.2, 0.25) is 53.2 Å². The molecular weight excluding hydrogens is 1110 g/mol. The number of phenols is 2. The summed E-state index contributed by atoms with van der Waals surface area (Å²) in [6.45, 7) is 14.9. The molecule has 1 aromatic heterocycles. The SMILES string of the molecule is CC[C@H](C)[C@H](NC(=O)[C@@H](N)CC(C)C)C(=O)N[C@@H](Cc1ccc(O)cc1)C(=O)N[C@@H](C)C(=O)N[C@H](C(=O)N[C@@H](Cc1c[nH]c2ccccc12)C(=O)N[C@@H](C)C(=O)N[C@@H](CCSC)C(=O)N[C@@H](C)C(=O)N[C@@H](Cc1ccc(O)cc1)C(=O)O)C(C)C. The van der Waals surface area contributed by atoms with Gasteiger partial charge in [0.15, 0.2) is 0 Å². The van der Waals surface area contributed by atoms with Crippen molar-refractivity contribution in [3.05, 3.63) is 95.7 Å². The minimum Gasteiger partial charge on any atom is -0.508 e. The normalized spacial score (nSPS) is 15.2. The monoisotopic (exact) mass is 1200 g/mol. The summed E-state index contributed by atoms with van der Waals surface area (Å²) >= 11 is 1.38. The average Bonchev–Trinajstić information content (AvgIpc) is 3.60. The van der Waals surface area contributed by atoms with Crippen molar-refractivity contribution in [2.75, 3.05) is 12.0 Å². The standard InChI is InChI=1S/C60H85N11O13S/c1-11-33(6)50(71-54(77)43(61)26-31(2)3)59(82)67-46(27-37-16-20-40(72)21-17-37)56(79)65-36(9)53(76)70-49(32(4)5)58(81)68-47(29-39-30-62-44-15-13-12-14-42(39)44)57(80)64-34(7)51(74)66-45(24-25-85-10)55(78)63-35(8)52(75)69-48(60(83)84)28-38-18-22-41(73)23-19-38/h12-23,30-36,43,45-50,62,72-73H,11,24-29,61H2,1-10H3,(H,63,78)(H,64,80)(H,65,79)(H,66,74)(H,67,82)(H,68,81)(H,69,75)(H,70,76)(H,71,77)(H,83,84)/t33-,34-,35-,36-,43-,45-,46-,47-,48-,49-,50-/m0/s1. The van der Waals surface area contributed by atoms with Crippen molar-refractivity contribution in [2.45, 2.75) is 161 Å². The van der Waals surface area contributed by atoms with Crippen molar-refractivity contribution in [1.29, 1.82) is 0 Å². The summed E-state index contributed by atoms with van der Waals surface area (Å²) in [7, 11) is 0. The lowest BCUT2D eigenvalue weighted by Gasteiger charge is -2.29. The van der Waals surface area contributed by atoms with E-state index in [4.69, 9.17) is 5.73 Å². The Morgan fingerprint density at radius 3 is 1.44 bits per heavy atom. The van der Waals surface area contributed by atoms with E-state index in [1.54, 1.807) is 51.4 Å². The van der Waals surface area contributed by atoms with Gasteiger partial charge >= 0.3 is 5.97 Å². The molecule has 3 aromatic carbocycles. The van der Waals surface area contributed by atoms with Crippen LogP contribution in [0.1, 0.15) is 98.3 Å². The molecule has 85 heavy (non-hydrogen) atoms. The first-order valence-electron chi connectivity index (χ1n) is 28.4. The van der Waals surface area contributed by atoms with E-state index in [2.05, 4.69) is 52.8 Å². The number of carboxylic acids is 1. The Hall–Kier alpha value is -8.19. The van der Waals surface area contributed by atoms with Crippen LogP contribution in [0.3, 0.4) is 0 Å². The van der Waals surface area contributed by atoms with E-state index < -0.39 is 125 Å². The minimum atomic E-state index is -1.37. The first kappa shape index (κ1) is 69.3. The zero-order chi connectivity index (χ0) is 63.2. The van der Waals surface area contributed by atoms with Gasteiger partial charge in [-0.3, -0.25) is 43.2 Å². The van der Waals surface area contributed by atoms with Crippen LogP contribution in [0, 0.1) is 17.8 Å². The molecule has 0 aliphatic heterocycles. The van der Waals surface area contributed by atoms with Gasteiger partial charge < -0.3 is 73.9 Å². The number of hydrogen-bond acceptors (Lipinski definition) is 14. The smallest absolute Gasteiger partial charge is 0.326 e. The van der Waals surface area contributed by atoms with Crippen molar-refractivity contribution < 1.29 is 63.3 Å². The van der Waals surface area contributed by atoms with Crippen molar-refractivity contribution in [2.24, 2.45) is 23.5 Å². The van der Waals surface area contributed by atoms with Crippen LogP contribution in [0.25, 0.3) is 10.9 Å². The van der Waals surface area contributed by atoms with E-state index >= 15 is 0 Å². The highest BCUT2D eigenvalue weighted by molar-refractivity contribution is 7.98. The van der Waals surface area contributed by atoms with E-state index in [1.165, 1.54) is 68.9 Å². The van der Waals surface area contributed by atoms with Gasteiger partial charge in [-0.15, -0.1) is 0 Å². The van der Waals surface area contributed by atoms with Crippen molar-refractivity contribution in [1.82, 2.24) is 52.8 Å². The molecule has 0 aliphatic rings. The minimum absolute atomic E-state index is 0.0224. The van der Waals surface area contributed by atoms with Crippen LogP contribution in [0.2, 0.25) is 0 Å². The summed E-state index contributed by atoms with van der Waals surface area (Å²) in [5, 5.41) is 53.9. The number of fused-ring (bicyclic) bond motifs is 1.